The molecule has 0 radical (unpaired) electrons. The lowest BCUT2D eigenvalue weighted by atomic mass is 10.6. The zero-order chi connectivity index (χ0) is 24.8. The molecule has 0 aromatic carbocycles. The first kappa shape index (κ1) is 32.2. The summed E-state index contributed by atoms with van der Waals surface area (Å²) in [6, 6.07) is 0. The number of rotatable bonds is 27. The highest BCUT2D eigenvalue weighted by Crippen LogP contribution is 1.88. The van der Waals surface area contributed by atoms with E-state index in [-0.39, 0.29) is 19.8 Å². The van der Waals surface area contributed by atoms with Gasteiger partial charge in [0.25, 0.3) is 0 Å². The molecule has 0 spiro atoms. The van der Waals surface area contributed by atoms with Crippen molar-refractivity contribution in [3.63, 3.8) is 0 Å². The molecule has 0 aliphatic heterocycles. The van der Waals surface area contributed by atoms with Gasteiger partial charge in [0.1, 0.15) is 11.9 Å². The van der Waals surface area contributed by atoms with E-state index in [1.54, 1.807) is 0 Å². The number of azide groups is 1. The highest BCUT2D eigenvalue weighted by atomic mass is 16.8. The predicted octanol–water partition coefficient (Wildman–Crippen LogP) is 0.490. The minimum Gasteiger partial charge on any atom is -0.431 e. The van der Waals surface area contributed by atoms with Crippen LogP contribution in [0.1, 0.15) is 0 Å². The first-order chi connectivity index (χ1) is 16.8. The van der Waals surface area contributed by atoms with E-state index in [1.165, 1.54) is 0 Å². The van der Waals surface area contributed by atoms with Gasteiger partial charge in [-0.3, -0.25) is 0 Å². The van der Waals surface area contributed by atoms with Crippen molar-refractivity contribution in [2.45, 2.75) is 0 Å². The van der Waals surface area contributed by atoms with Crippen molar-refractivity contribution in [1.82, 2.24) is 0 Å². The topological polar surface area (TPSA) is 178 Å². The summed E-state index contributed by atoms with van der Waals surface area (Å²) < 4.78 is 46.9. The first-order valence-electron chi connectivity index (χ1n) is 10.9. The van der Waals surface area contributed by atoms with Crippen LogP contribution in [0.5, 0.6) is 0 Å². The van der Waals surface area contributed by atoms with E-state index < -0.39 is 6.16 Å². The van der Waals surface area contributed by atoms with Crippen molar-refractivity contribution < 1.29 is 57.4 Å². The minimum absolute atomic E-state index is 0.0161. The summed E-state index contributed by atoms with van der Waals surface area (Å²) in [6.45, 7) is 6.79. The van der Waals surface area contributed by atoms with Crippen LogP contribution in [0, 0.1) is 0 Å². The van der Waals surface area contributed by atoms with E-state index in [9.17, 15) is 4.79 Å². The molecule has 0 atom stereocenters. The number of hydrogen-bond donors (Lipinski definition) is 1. The zero-order valence-electron chi connectivity index (χ0n) is 19.5. The molecule has 200 valence electrons. The molecule has 0 aliphatic carbocycles. The van der Waals surface area contributed by atoms with Gasteiger partial charge in [-0.2, -0.15) is 0 Å². The van der Waals surface area contributed by atoms with E-state index in [1.807, 2.05) is 0 Å². The molecule has 1 N–H and O–H groups in total. The van der Waals surface area contributed by atoms with Gasteiger partial charge in [-0.05, 0) is 5.53 Å². The van der Waals surface area contributed by atoms with Crippen molar-refractivity contribution in [3.8, 4) is 0 Å². The Morgan fingerprint density at radius 2 is 0.853 bits per heavy atom. The lowest BCUT2D eigenvalue weighted by molar-refractivity contribution is -0.0254. The van der Waals surface area contributed by atoms with Crippen LogP contribution < -0.4 is 0 Å². The lowest BCUT2D eigenvalue weighted by Crippen LogP contribution is -2.15. The number of carbonyl (C=O) groups is 1. The number of carbonyl (C=O) groups excluding carboxylic acids is 1. The van der Waals surface area contributed by atoms with Crippen LogP contribution in [0.2, 0.25) is 0 Å². The largest absolute Gasteiger partial charge is 0.520 e. The van der Waals surface area contributed by atoms with Crippen LogP contribution in [0.4, 0.5) is 4.79 Å². The Balaban J connectivity index is 3.06. The summed E-state index contributed by atoms with van der Waals surface area (Å²) in [6.07, 6.45) is -1.09. The first-order valence-corrected chi connectivity index (χ1v) is 10.9. The zero-order valence-corrected chi connectivity index (χ0v) is 19.5. The highest BCUT2D eigenvalue weighted by Gasteiger charge is 2.01. The van der Waals surface area contributed by atoms with Crippen LogP contribution in [0.25, 0.3) is 10.4 Å². The van der Waals surface area contributed by atoms with Gasteiger partial charge in [0.15, 0.2) is 0 Å². The number of aliphatic hydroxyl groups excluding tert-OH is 1. The molecule has 0 aliphatic rings. The molecule has 0 saturated carbocycles. The average molecular weight is 500 g/mol. The Hall–Kier alpha value is -1.78. The smallest absolute Gasteiger partial charge is 0.431 e. The molecule has 34 heavy (non-hydrogen) atoms. The summed E-state index contributed by atoms with van der Waals surface area (Å²) in [7, 11) is 0. The number of aliphatic hydroxyl groups is 1. The predicted molar refractivity (Wildman–Crippen MR) is 115 cm³/mol. The maximum absolute atomic E-state index is 10.8. The molecule has 0 amide bonds. The van der Waals surface area contributed by atoms with Crippen LogP contribution >= 0.6 is 0 Å². The van der Waals surface area contributed by atoms with Crippen LogP contribution in [-0.2, 0) is 47.5 Å². The second-order valence-corrected chi connectivity index (χ2v) is 5.98. The normalized spacial score (nSPS) is 10.7. The summed E-state index contributed by atoms with van der Waals surface area (Å²) in [4.78, 5) is 17.0. The molecule has 0 heterocycles. The highest BCUT2D eigenvalue weighted by molar-refractivity contribution is 5.59. The third kappa shape index (κ3) is 28.3. The number of hydrogen-bond acceptors (Lipinski definition) is 13. The molecular weight excluding hydrogens is 462 g/mol. The Labute approximate surface area is 198 Å². The van der Waals surface area contributed by atoms with Gasteiger partial charge in [0.05, 0.1) is 112 Å². The van der Waals surface area contributed by atoms with Gasteiger partial charge in [0.2, 0.25) is 0 Å². The van der Waals surface area contributed by atoms with Crippen molar-refractivity contribution >= 4 is 6.16 Å². The number of ether oxygens (including phenoxy) is 9. The molecule has 0 aromatic rings. The molecule has 15 nitrogen and oxygen atoms in total. The van der Waals surface area contributed by atoms with E-state index in [0.717, 1.165) is 0 Å². The van der Waals surface area contributed by atoms with Gasteiger partial charge >= 0.3 is 6.16 Å². The lowest BCUT2D eigenvalue weighted by Gasteiger charge is -2.08. The number of nitrogens with zero attached hydrogens (tertiary/aromatic N) is 3. The van der Waals surface area contributed by atoms with E-state index in [4.69, 9.17) is 48.5 Å². The van der Waals surface area contributed by atoms with Gasteiger partial charge < -0.3 is 52.6 Å². The van der Waals surface area contributed by atoms with Crippen molar-refractivity contribution in [2.75, 3.05) is 119 Å². The average Bonchev–Trinajstić information content (AvgIpc) is 2.84. The summed E-state index contributed by atoms with van der Waals surface area (Å²) in [5.74, 6) is 0. The van der Waals surface area contributed by atoms with E-state index in [2.05, 4.69) is 19.8 Å². The minimum atomic E-state index is -1.09. The quantitative estimate of drug-likeness (QED) is 0.0413. The third-order valence-corrected chi connectivity index (χ3v) is 3.44. The van der Waals surface area contributed by atoms with Gasteiger partial charge in [-0.25, -0.2) is 4.79 Å². The van der Waals surface area contributed by atoms with Crippen molar-refractivity contribution in [1.29, 1.82) is 0 Å². The van der Waals surface area contributed by atoms with Gasteiger partial charge in [0, 0.05) is 4.91 Å². The summed E-state index contributed by atoms with van der Waals surface area (Å²) in [5, 5.41) is 11.1. The van der Waals surface area contributed by atoms with Crippen LogP contribution in [0.15, 0.2) is 5.28 Å². The molecule has 0 aromatic heterocycles. The van der Waals surface area contributed by atoms with Crippen LogP contribution in [-0.4, -0.2) is 130 Å². The molecule has 0 rings (SSSR count). The summed E-state index contributed by atoms with van der Waals surface area (Å²) in [5.41, 5.74) is 7.94. The Kier molecular flexibility index (Phi) is 27.7. The molecule has 0 fully saturated rings. The van der Waals surface area contributed by atoms with E-state index >= 15 is 0 Å². The molecule has 15 heteroatoms. The molecule has 0 bridgehead atoms. The van der Waals surface area contributed by atoms with Gasteiger partial charge in [-0.1, -0.05) is 0 Å². The van der Waals surface area contributed by atoms with Crippen molar-refractivity contribution in [2.24, 2.45) is 5.28 Å². The Morgan fingerprint density at radius 1 is 0.559 bits per heavy atom. The molecular formula is C19H37N3O12. The maximum Gasteiger partial charge on any atom is 0.520 e. The molecule has 0 saturated heterocycles. The van der Waals surface area contributed by atoms with Crippen molar-refractivity contribution in [3.05, 3.63) is 10.4 Å². The fourth-order valence-electron chi connectivity index (χ4n) is 1.97. The fraction of sp³-hybridized carbons (Fsp3) is 0.947. The summed E-state index contributed by atoms with van der Waals surface area (Å²) >= 11 is 0. The second-order valence-electron chi connectivity index (χ2n) is 5.98. The third-order valence-electron chi connectivity index (χ3n) is 3.44. The SMILES string of the molecule is [N-]=[N+]=NOC(=O)OCCOCCOCCOCCOCCOCCOCCOCCOCCO. The Bertz CT molecular complexity index is 483. The van der Waals surface area contributed by atoms with Gasteiger partial charge in [-0.15, -0.1) is 0 Å². The maximum atomic E-state index is 10.8. The molecule has 0 unspecified atom stereocenters. The van der Waals surface area contributed by atoms with Crippen LogP contribution in [0.3, 0.4) is 0 Å². The Morgan fingerprint density at radius 3 is 1.15 bits per heavy atom. The van der Waals surface area contributed by atoms with E-state index in [0.29, 0.717) is 99.1 Å². The standard InChI is InChI=1S/C19H37N3O12/c20-21-22-34-19(24)33-18-17-32-16-15-31-14-13-30-12-11-29-10-9-28-8-7-27-6-5-26-4-3-25-2-1-23/h23H,1-18H2. The fourth-order valence-corrected chi connectivity index (χ4v) is 1.97. The second kappa shape index (κ2) is 29.3. The monoisotopic (exact) mass is 499 g/mol.